The van der Waals surface area contributed by atoms with Gasteiger partial charge < -0.3 is 24.6 Å². The standard InChI is InChI=1S/C23H23Cl2N5O3/c1-32-20-7-4-16(14-21(20)33-2)26-23(31)30-11-9-29(10-12-30)22-8-6-19(27-28-22)17-5-3-15(24)13-18(17)25/h3-8,13-14H,9-12H2,1-2H3,(H,26,31). The number of hydrogen-bond acceptors (Lipinski definition) is 6. The highest BCUT2D eigenvalue weighted by molar-refractivity contribution is 6.36. The molecule has 0 unspecified atom stereocenters. The quantitative estimate of drug-likeness (QED) is 0.555. The van der Waals surface area contributed by atoms with Gasteiger partial charge in [0.2, 0.25) is 0 Å². The van der Waals surface area contributed by atoms with Crippen LogP contribution < -0.4 is 19.7 Å². The third-order valence-electron chi connectivity index (χ3n) is 5.38. The van der Waals surface area contributed by atoms with E-state index >= 15 is 0 Å². The summed E-state index contributed by atoms with van der Waals surface area (Å²) in [7, 11) is 3.13. The van der Waals surface area contributed by atoms with Crippen LogP contribution in [0.4, 0.5) is 16.3 Å². The van der Waals surface area contributed by atoms with Gasteiger partial charge in [0.25, 0.3) is 0 Å². The lowest BCUT2D eigenvalue weighted by Crippen LogP contribution is -2.50. The Morgan fingerprint density at radius 2 is 1.67 bits per heavy atom. The zero-order chi connectivity index (χ0) is 23.4. The van der Waals surface area contributed by atoms with Gasteiger partial charge in [-0.05, 0) is 42.5 Å². The van der Waals surface area contributed by atoms with E-state index in [-0.39, 0.29) is 6.03 Å². The second-order valence-corrected chi connectivity index (χ2v) is 8.22. The summed E-state index contributed by atoms with van der Waals surface area (Å²) in [5.74, 6) is 1.92. The molecule has 1 N–H and O–H groups in total. The number of nitrogens with one attached hydrogen (secondary N) is 1. The molecule has 0 atom stereocenters. The second kappa shape index (κ2) is 10.1. The zero-order valence-corrected chi connectivity index (χ0v) is 19.7. The van der Waals surface area contributed by atoms with Gasteiger partial charge in [-0.25, -0.2) is 4.79 Å². The van der Waals surface area contributed by atoms with Crippen molar-refractivity contribution in [1.29, 1.82) is 0 Å². The lowest BCUT2D eigenvalue weighted by atomic mass is 10.1. The molecule has 1 aliphatic rings. The van der Waals surface area contributed by atoms with Gasteiger partial charge in [-0.3, -0.25) is 0 Å². The fourth-order valence-corrected chi connectivity index (χ4v) is 4.10. The largest absolute Gasteiger partial charge is 0.493 e. The van der Waals surface area contributed by atoms with E-state index in [0.29, 0.717) is 59.1 Å². The number of methoxy groups -OCH3 is 2. The Morgan fingerprint density at radius 3 is 2.30 bits per heavy atom. The van der Waals surface area contributed by atoms with Crippen LogP contribution in [0.5, 0.6) is 11.5 Å². The molecule has 172 valence electrons. The molecular formula is C23H23Cl2N5O3. The molecule has 2 heterocycles. The minimum Gasteiger partial charge on any atom is -0.493 e. The number of ether oxygens (including phenoxy) is 2. The van der Waals surface area contributed by atoms with E-state index in [1.54, 1.807) is 49.5 Å². The number of hydrogen-bond donors (Lipinski definition) is 1. The summed E-state index contributed by atoms with van der Waals surface area (Å²) < 4.78 is 10.5. The van der Waals surface area contributed by atoms with E-state index in [9.17, 15) is 4.79 Å². The molecule has 0 radical (unpaired) electrons. The molecule has 1 aromatic heterocycles. The van der Waals surface area contributed by atoms with E-state index < -0.39 is 0 Å². The Bertz CT molecular complexity index is 1140. The molecule has 2 amide bonds. The number of amides is 2. The van der Waals surface area contributed by atoms with Crippen molar-refractivity contribution in [3.63, 3.8) is 0 Å². The highest BCUT2D eigenvalue weighted by atomic mass is 35.5. The maximum Gasteiger partial charge on any atom is 0.321 e. The van der Waals surface area contributed by atoms with Gasteiger partial charge in [0, 0.05) is 48.5 Å². The first-order chi connectivity index (χ1) is 16.0. The van der Waals surface area contributed by atoms with Crippen molar-refractivity contribution in [2.75, 3.05) is 50.6 Å². The van der Waals surface area contributed by atoms with Crippen molar-refractivity contribution in [3.05, 3.63) is 58.6 Å². The normalized spacial score (nSPS) is 13.6. The summed E-state index contributed by atoms with van der Waals surface area (Å²) in [5.41, 5.74) is 2.09. The van der Waals surface area contributed by atoms with Crippen LogP contribution in [0.15, 0.2) is 48.5 Å². The number of nitrogens with zero attached hydrogens (tertiary/aromatic N) is 4. The lowest BCUT2D eigenvalue weighted by Gasteiger charge is -2.35. The van der Waals surface area contributed by atoms with E-state index in [0.717, 1.165) is 11.4 Å². The summed E-state index contributed by atoms with van der Waals surface area (Å²) >= 11 is 12.2. The fraction of sp³-hybridized carbons (Fsp3) is 0.261. The average Bonchev–Trinajstić information content (AvgIpc) is 2.84. The van der Waals surface area contributed by atoms with Crippen molar-refractivity contribution < 1.29 is 14.3 Å². The molecule has 33 heavy (non-hydrogen) atoms. The molecular weight excluding hydrogens is 465 g/mol. The number of urea groups is 1. The number of halogens is 2. The second-order valence-electron chi connectivity index (χ2n) is 7.37. The Morgan fingerprint density at radius 1 is 0.909 bits per heavy atom. The summed E-state index contributed by atoms with van der Waals surface area (Å²) in [5, 5.41) is 12.7. The average molecular weight is 488 g/mol. The predicted molar refractivity (Wildman–Crippen MR) is 130 cm³/mol. The van der Waals surface area contributed by atoms with Gasteiger partial charge in [0.1, 0.15) is 0 Å². The van der Waals surface area contributed by atoms with Crippen molar-refractivity contribution in [2.24, 2.45) is 0 Å². The van der Waals surface area contributed by atoms with Gasteiger partial charge in [-0.15, -0.1) is 10.2 Å². The molecule has 0 aliphatic carbocycles. The predicted octanol–water partition coefficient (Wildman–Crippen LogP) is 4.82. The highest BCUT2D eigenvalue weighted by Crippen LogP contribution is 2.31. The van der Waals surface area contributed by atoms with E-state index in [1.165, 1.54) is 0 Å². The molecule has 4 rings (SSSR count). The third-order valence-corrected chi connectivity index (χ3v) is 5.93. The number of anilines is 2. The zero-order valence-electron chi connectivity index (χ0n) is 18.2. The summed E-state index contributed by atoms with van der Waals surface area (Å²) in [6, 6.07) is 14.2. The number of carbonyl (C=O) groups excluding carboxylic acids is 1. The lowest BCUT2D eigenvalue weighted by molar-refractivity contribution is 0.208. The number of carbonyl (C=O) groups is 1. The topological polar surface area (TPSA) is 79.8 Å². The molecule has 1 aliphatic heterocycles. The minimum absolute atomic E-state index is 0.166. The summed E-state index contributed by atoms with van der Waals surface area (Å²) in [4.78, 5) is 16.6. The van der Waals surface area contributed by atoms with Crippen molar-refractivity contribution >= 4 is 40.7 Å². The van der Waals surface area contributed by atoms with Crippen molar-refractivity contribution in [3.8, 4) is 22.8 Å². The Labute approximate surface area is 202 Å². The van der Waals surface area contributed by atoms with Crippen LogP contribution in [0.25, 0.3) is 11.3 Å². The Hall–Kier alpha value is -3.23. The first-order valence-corrected chi connectivity index (χ1v) is 11.1. The molecule has 10 heteroatoms. The van der Waals surface area contributed by atoms with Crippen LogP contribution in [-0.2, 0) is 0 Å². The first kappa shape index (κ1) is 22.9. The smallest absolute Gasteiger partial charge is 0.321 e. The Balaban J connectivity index is 1.35. The van der Waals surface area contributed by atoms with Crippen LogP contribution in [0.3, 0.4) is 0 Å². The highest BCUT2D eigenvalue weighted by Gasteiger charge is 2.22. The molecule has 8 nitrogen and oxygen atoms in total. The van der Waals surface area contributed by atoms with E-state index in [4.69, 9.17) is 32.7 Å². The third kappa shape index (κ3) is 5.23. The number of benzene rings is 2. The molecule has 0 spiro atoms. The number of piperazine rings is 1. The number of aromatic nitrogens is 2. The van der Waals surface area contributed by atoms with E-state index in [1.807, 2.05) is 18.2 Å². The van der Waals surface area contributed by atoms with Crippen molar-refractivity contribution in [2.45, 2.75) is 0 Å². The summed E-state index contributed by atoms with van der Waals surface area (Å²) in [6.45, 7) is 2.42. The molecule has 1 fully saturated rings. The van der Waals surface area contributed by atoms with Crippen LogP contribution in [0.2, 0.25) is 10.0 Å². The van der Waals surface area contributed by atoms with Gasteiger partial charge in [0.05, 0.1) is 24.9 Å². The van der Waals surface area contributed by atoms with Crippen LogP contribution in [0, 0.1) is 0 Å². The first-order valence-electron chi connectivity index (χ1n) is 10.3. The van der Waals surface area contributed by atoms with Crippen LogP contribution in [0.1, 0.15) is 0 Å². The molecule has 0 saturated carbocycles. The van der Waals surface area contributed by atoms with Gasteiger partial charge in [-0.1, -0.05) is 23.2 Å². The molecule has 3 aromatic rings. The van der Waals surface area contributed by atoms with Gasteiger partial charge in [-0.2, -0.15) is 0 Å². The van der Waals surface area contributed by atoms with Crippen molar-refractivity contribution in [1.82, 2.24) is 15.1 Å². The fourth-order valence-electron chi connectivity index (χ4n) is 3.59. The SMILES string of the molecule is COc1ccc(NC(=O)N2CCN(c3ccc(-c4ccc(Cl)cc4Cl)nn3)CC2)cc1OC. The van der Waals surface area contributed by atoms with E-state index in [2.05, 4.69) is 20.4 Å². The maximum atomic E-state index is 12.7. The van der Waals surface area contributed by atoms with Gasteiger partial charge >= 0.3 is 6.03 Å². The van der Waals surface area contributed by atoms with Crippen LogP contribution >= 0.6 is 23.2 Å². The molecule has 0 bridgehead atoms. The van der Waals surface area contributed by atoms with Crippen LogP contribution in [-0.4, -0.2) is 61.5 Å². The van der Waals surface area contributed by atoms with Gasteiger partial charge in [0.15, 0.2) is 17.3 Å². The monoisotopic (exact) mass is 487 g/mol. The maximum absolute atomic E-state index is 12.7. The Kier molecular flexibility index (Phi) is 7.05. The molecule has 1 saturated heterocycles. The summed E-state index contributed by atoms with van der Waals surface area (Å²) in [6.07, 6.45) is 0. The number of rotatable bonds is 5. The molecule has 2 aromatic carbocycles. The minimum atomic E-state index is -0.166.